The molecule has 2 aliphatic rings. The molecule has 0 unspecified atom stereocenters. The zero-order chi connectivity index (χ0) is 48.0. The van der Waals surface area contributed by atoms with Gasteiger partial charge in [0.2, 0.25) is 0 Å². The van der Waals surface area contributed by atoms with Gasteiger partial charge in [-0.15, -0.1) is 0 Å². The Balaban J connectivity index is 1.10. The molecule has 73 heavy (non-hydrogen) atoms. The molecule has 2 heterocycles. The van der Waals surface area contributed by atoms with Crippen molar-refractivity contribution >= 4 is 49.8 Å². The van der Waals surface area contributed by atoms with Gasteiger partial charge in [0, 0.05) is 27.3 Å². The second-order valence-corrected chi connectivity index (χ2v) is 19.4. The Hall–Kier alpha value is -9.50. The van der Waals surface area contributed by atoms with Gasteiger partial charge in [-0.05, 0) is 114 Å². The van der Waals surface area contributed by atoms with Gasteiger partial charge in [-0.25, -0.2) is 0 Å². The van der Waals surface area contributed by atoms with Crippen LogP contribution in [0.15, 0.2) is 277 Å². The van der Waals surface area contributed by atoms with Crippen LogP contribution in [0, 0.1) is 0 Å². The highest BCUT2D eigenvalue weighted by Gasteiger charge is 2.52. The molecule has 0 bridgehead atoms. The molecule has 0 N–H and O–H groups in total. The molecule has 0 atom stereocenters. The Kier molecular flexibility index (Phi) is 9.21. The van der Waals surface area contributed by atoms with E-state index in [0.717, 1.165) is 55.5 Å². The van der Waals surface area contributed by atoms with Crippen LogP contribution in [0.5, 0.6) is 0 Å². The quantitative estimate of drug-likeness (QED) is 0.165. The molecule has 2 nitrogen and oxygen atoms in total. The predicted molar refractivity (Wildman–Crippen MR) is 304 cm³/mol. The van der Waals surface area contributed by atoms with Crippen LogP contribution in [0.3, 0.4) is 0 Å². The second-order valence-electron chi connectivity index (χ2n) is 19.4. The minimum absolute atomic E-state index is 0.715. The second kappa shape index (κ2) is 16.3. The van der Waals surface area contributed by atoms with Gasteiger partial charge in [-0.1, -0.05) is 243 Å². The first-order chi connectivity index (χ1) is 36.2. The van der Waals surface area contributed by atoms with E-state index in [2.05, 4.69) is 278 Å². The van der Waals surface area contributed by atoms with Crippen molar-refractivity contribution in [3.8, 4) is 66.8 Å². The highest BCUT2D eigenvalue weighted by atomic mass is 16.3. The molecule has 2 heteroatoms. The average Bonchev–Trinajstić information content (AvgIpc) is 4.01. The van der Waals surface area contributed by atoms with E-state index in [9.17, 15) is 0 Å². The minimum atomic E-state index is -0.715. The Morgan fingerprint density at radius 2 is 0.726 bits per heavy atom. The number of rotatable bonds is 6. The molecule has 12 aromatic carbocycles. The summed E-state index contributed by atoms with van der Waals surface area (Å²) in [5.41, 5.74) is 23.6. The summed E-state index contributed by atoms with van der Waals surface area (Å²) in [5, 5.41) is 4.54. The summed E-state index contributed by atoms with van der Waals surface area (Å²) in [4.78, 5) is 2.60. The van der Waals surface area contributed by atoms with Gasteiger partial charge in [0.1, 0.15) is 11.2 Å². The first-order valence-electron chi connectivity index (χ1n) is 25.2. The summed E-state index contributed by atoms with van der Waals surface area (Å²) < 4.78 is 6.89. The number of hydrogen-bond acceptors (Lipinski definition) is 2. The molecule has 0 saturated carbocycles. The smallest absolute Gasteiger partial charge is 0.143 e. The van der Waals surface area contributed by atoms with Crippen LogP contribution in [0.1, 0.15) is 22.3 Å². The lowest BCUT2D eigenvalue weighted by Gasteiger charge is -2.46. The number of para-hydroxylation sites is 2. The number of hydrogen-bond donors (Lipinski definition) is 0. The first kappa shape index (κ1) is 41.3. The third kappa shape index (κ3) is 6.11. The maximum atomic E-state index is 6.89. The number of fused-ring (bicyclic) bond motifs is 13. The molecule has 340 valence electrons. The van der Waals surface area contributed by atoms with E-state index < -0.39 is 5.41 Å². The van der Waals surface area contributed by atoms with E-state index >= 15 is 0 Å². The molecule has 0 fully saturated rings. The van der Waals surface area contributed by atoms with Gasteiger partial charge in [0.15, 0.2) is 0 Å². The van der Waals surface area contributed by atoms with Crippen LogP contribution in [0.4, 0.5) is 17.1 Å². The van der Waals surface area contributed by atoms with Gasteiger partial charge >= 0.3 is 0 Å². The van der Waals surface area contributed by atoms with E-state index in [-0.39, 0.29) is 0 Å². The first-order valence-corrected chi connectivity index (χ1v) is 25.2. The van der Waals surface area contributed by atoms with E-state index in [0.29, 0.717) is 0 Å². The van der Waals surface area contributed by atoms with Crippen molar-refractivity contribution in [2.45, 2.75) is 5.41 Å². The highest BCUT2D eigenvalue weighted by Crippen LogP contribution is 2.65. The number of furan rings is 1. The SMILES string of the molecule is c1ccc(-c2ccccc2-c2ccc3c(c2)C2(c4ccccc4-c4ccccc42)c2cc(-c4ccccc4-c4ccccc4)ccc2N3c2c(-c3cccc4c3oc3ccccc34)ccc3ccccc23)cc1. The van der Waals surface area contributed by atoms with Crippen LogP contribution in [0.2, 0.25) is 0 Å². The molecule has 1 aliphatic carbocycles. The summed E-state index contributed by atoms with van der Waals surface area (Å²) in [6.07, 6.45) is 0. The van der Waals surface area contributed by atoms with Crippen LogP contribution in [-0.4, -0.2) is 0 Å². The third-order valence-electron chi connectivity index (χ3n) is 15.7. The van der Waals surface area contributed by atoms with E-state index in [1.807, 2.05) is 0 Å². The van der Waals surface area contributed by atoms with Gasteiger partial charge in [0.25, 0.3) is 0 Å². The monoisotopic (exact) mass is 927 g/mol. The lowest BCUT2D eigenvalue weighted by Crippen LogP contribution is -2.36. The number of nitrogens with zero attached hydrogens (tertiary/aromatic N) is 1. The standard InChI is InChI=1S/C71H45NO/c1-3-20-46(21-4-1)51-25-9-11-27-53(51)49-39-42-66-64(44-49)71(62-35-16-13-30-56(62)57-31-14-17-36-63(57)71)65-45-50(54-28-12-10-26-52(54)47-22-5-2-6-23-47)40-43-67(65)72(66)69-55-29-8-7-24-48(55)38-41-59(69)61-34-19-33-60-58-32-15-18-37-68(58)73-70(60)61/h1-45H. The van der Waals surface area contributed by atoms with Crippen molar-refractivity contribution in [3.05, 3.63) is 295 Å². The van der Waals surface area contributed by atoms with Crippen LogP contribution in [-0.2, 0) is 5.41 Å². The fourth-order valence-electron chi connectivity index (χ4n) is 12.6. The molecule has 1 spiro atoms. The number of anilines is 3. The summed E-state index contributed by atoms with van der Waals surface area (Å²) in [5.74, 6) is 0. The molecule has 13 aromatic rings. The van der Waals surface area contributed by atoms with Crippen molar-refractivity contribution < 1.29 is 4.42 Å². The lowest BCUT2D eigenvalue weighted by molar-refractivity contribution is 0.670. The van der Waals surface area contributed by atoms with Crippen molar-refractivity contribution in [1.82, 2.24) is 0 Å². The fraction of sp³-hybridized carbons (Fsp3) is 0.0141. The predicted octanol–water partition coefficient (Wildman–Crippen LogP) is 19.2. The Morgan fingerprint density at radius 1 is 0.274 bits per heavy atom. The molecular weight excluding hydrogens is 883 g/mol. The van der Waals surface area contributed by atoms with Crippen LogP contribution >= 0.6 is 0 Å². The molecule has 0 amide bonds. The summed E-state index contributed by atoms with van der Waals surface area (Å²) in [6.45, 7) is 0. The molecule has 1 aromatic heterocycles. The molecule has 1 aliphatic heterocycles. The Labute approximate surface area is 424 Å². The zero-order valence-electron chi connectivity index (χ0n) is 39.8. The summed E-state index contributed by atoms with van der Waals surface area (Å²) >= 11 is 0. The minimum Gasteiger partial charge on any atom is -0.455 e. The maximum absolute atomic E-state index is 6.89. The van der Waals surface area contributed by atoms with Crippen molar-refractivity contribution in [3.63, 3.8) is 0 Å². The van der Waals surface area contributed by atoms with Crippen molar-refractivity contribution in [2.75, 3.05) is 4.90 Å². The number of benzene rings is 12. The fourth-order valence-corrected chi connectivity index (χ4v) is 12.6. The van der Waals surface area contributed by atoms with Gasteiger partial charge in [-0.3, -0.25) is 0 Å². The van der Waals surface area contributed by atoms with E-state index in [4.69, 9.17) is 4.42 Å². The summed E-state index contributed by atoms with van der Waals surface area (Å²) in [6, 6.07) is 101. The Bertz CT molecular complexity index is 4150. The normalized spacial score (nSPS) is 13.0. The van der Waals surface area contributed by atoms with Crippen LogP contribution in [0.25, 0.3) is 99.5 Å². The van der Waals surface area contributed by atoms with Crippen molar-refractivity contribution in [2.24, 2.45) is 0 Å². The van der Waals surface area contributed by atoms with E-state index in [1.54, 1.807) is 0 Å². The molecule has 15 rings (SSSR count). The molecule has 0 radical (unpaired) electrons. The molecule has 0 saturated heterocycles. The van der Waals surface area contributed by atoms with Gasteiger partial charge in [-0.2, -0.15) is 0 Å². The van der Waals surface area contributed by atoms with E-state index in [1.165, 1.54) is 83.3 Å². The van der Waals surface area contributed by atoms with Crippen molar-refractivity contribution in [1.29, 1.82) is 0 Å². The lowest BCUT2D eigenvalue weighted by atomic mass is 9.63. The van der Waals surface area contributed by atoms with Crippen LogP contribution < -0.4 is 4.90 Å². The van der Waals surface area contributed by atoms with Gasteiger partial charge in [0.05, 0.1) is 22.5 Å². The largest absolute Gasteiger partial charge is 0.455 e. The maximum Gasteiger partial charge on any atom is 0.143 e. The topological polar surface area (TPSA) is 16.4 Å². The molecular formula is C71H45NO. The third-order valence-corrected chi connectivity index (χ3v) is 15.7. The Morgan fingerprint density at radius 3 is 1.32 bits per heavy atom. The zero-order valence-corrected chi connectivity index (χ0v) is 39.8. The highest BCUT2D eigenvalue weighted by molar-refractivity contribution is 6.15. The summed E-state index contributed by atoms with van der Waals surface area (Å²) in [7, 11) is 0. The van der Waals surface area contributed by atoms with Gasteiger partial charge < -0.3 is 9.32 Å². The average molecular weight is 928 g/mol.